The molecule has 5 heteroatoms. The number of nitrogens with zero attached hydrogens (tertiary/aromatic N) is 2. The summed E-state index contributed by atoms with van der Waals surface area (Å²) >= 11 is 0. The Balaban J connectivity index is 2.92. The topological polar surface area (TPSA) is 68.1 Å². The van der Waals surface area contributed by atoms with Gasteiger partial charge in [0.15, 0.2) is 0 Å². The van der Waals surface area contributed by atoms with Gasteiger partial charge in [0.25, 0.3) is 5.69 Å². The molecule has 1 aromatic rings. The van der Waals surface area contributed by atoms with Gasteiger partial charge in [-0.3, -0.25) is 15.1 Å². The van der Waals surface area contributed by atoms with Crippen molar-refractivity contribution >= 4 is 5.69 Å². The molecule has 1 unspecified atom stereocenters. The second-order valence-electron chi connectivity index (χ2n) is 6.09. The first-order valence-electron chi connectivity index (χ1n) is 6.47. The first kappa shape index (κ1) is 15.6. The average Bonchev–Trinajstić information content (AvgIpc) is 2.25. The zero-order valence-corrected chi connectivity index (χ0v) is 12.6. The minimum atomic E-state index is -0.330. The van der Waals surface area contributed by atoms with Crippen LogP contribution in [0.3, 0.4) is 0 Å². The fourth-order valence-corrected chi connectivity index (χ4v) is 1.78. The number of rotatable bonds is 4. The highest BCUT2D eigenvalue weighted by Crippen LogP contribution is 2.24. The van der Waals surface area contributed by atoms with Gasteiger partial charge < -0.3 is 5.32 Å². The predicted molar refractivity (Wildman–Crippen MR) is 76.1 cm³/mol. The minimum absolute atomic E-state index is 0.143. The van der Waals surface area contributed by atoms with Gasteiger partial charge in [0, 0.05) is 29.9 Å². The lowest BCUT2D eigenvalue weighted by molar-refractivity contribution is -0.386. The zero-order chi connectivity index (χ0) is 14.8. The van der Waals surface area contributed by atoms with E-state index in [0.717, 1.165) is 5.69 Å². The summed E-state index contributed by atoms with van der Waals surface area (Å²) in [5.41, 5.74) is 2.32. The average molecular weight is 265 g/mol. The Labute approximate surface area is 114 Å². The Kier molecular flexibility index (Phi) is 4.63. The number of pyridine rings is 1. The third-order valence-electron chi connectivity index (χ3n) is 3.63. The molecule has 0 spiro atoms. The molecule has 0 fully saturated rings. The predicted octanol–water partition coefficient (Wildman–Crippen LogP) is 3.13. The van der Waals surface area contributed by atoms with Crippen molar-refractivity contribution in [2.75, 3.05) is 0 Å². The summed E-state index contributed by atoms with van der Waals surface area (Å²) in [6, 6.07) is 0.300. The second-order valence-corrected chi connectivity index (χ2v) is 6.09. The van der Waals surface area contributed by atoms with E-state index in [1.165, 1.54) is 0 Å². The van der Waals surface area contributed by atoms with Crippen LogP contribution >= 0.6 is 0 Å². The van der Waals surface area contributed by atoms with E-state index in [4.69, 9.17) is 0 Å². The highest BCUT2D eigenvalue weighted by atomic mass is 16.6. The molecule has 106 valence electrons. The third kappa shape index (κ3) is 3.73. The van der Waals surface area contributed by atoms with Gasteiger partial charge in [-0.25, -0.2) is 0 Å². The van der Waals surface area contributed by atoms with Crippen LogP contribution in [0.2, 0.25) is 0 Å². The monoisotopic (exact) mass is 265 g/mol. The van der Waals surface area contributed by atoms with Gasteiger partial charge in [-0.2, -0.15) is 0 Å². The highest BCUT2D eigenvalue weighted by molar-refractivity contribution is 5.47. The summed E-state index contributed by atoms with van der Waals surface area (Å²) in [6.07, 6.45) is 1.57. The normalized spacial score (nSPS) is 13.4. The maximum Gasteiger partial charge on any atom is 0.278 e. The summed E-state index contributed by atoms with van der Waals surface area (Å²) in [6.45, 7) is 12.6. The number of aromatic nitrogens is 1. The van der Waals surface area contributed by atoms with Gasteiger partial charge in [-0.05, 0) is 26.2 Å². The van der Waals surface area contributed by atoms with Crippen molar-refractivity contribution in [1.82, 2.24) is 10.3 Å². The lowest BCUT2D eigenvalue weighted by atomic mass is 9.88. The van der Waals surface area contributed by atoms with Crippen LogP contribution in [-0.4, -0.2) is 15.9 Å². The van der Waals surface area contributed by atoms with E-state index >= 15 is 0 Å². The molecule has 1 aromatic heterocycles. The number of hydrogen-bond acceptors (Lipinski definition) is 4. The van der Waals surface area contributed by atoms with E-state index in [9.17, 15) is 10.1 Å². The molecular weight excluding hydrogens is 242 g/mol. The summed E-state index contributed by atoms with van der Waals surface area (Å²) in [7, 11) is 0. The first-order valence-corrected chi connectivity index (χ1v) is 6.47. The molecule has 0 aliphatic heterocycles. The second kappa shape index (κ2) is 5.65. The molecule has 0 aliphatic rings. The Hall–Kier alpha value is -1.49. The molecule has 0 bridgehead atoms. The summed E-state index contributed by atoms with van der Waals surface area (Å²) in [5, 5.41) is 14.4. The molecule has 1 N–H and O–H groups in total. The van der Waals surface area contributed by atoms with Gasteiger partial charge in [0.2, 0.25) is 0 Å². The highest BCUT2D eigenvalue weighted by Gasteiger charge is 2.22. The van der Waals surface area contributed by atoms with Gasteiger partial charge in [0.05, 0.1) is 10.6 Å². The van der Waals surface area contributed by atoms with E-state index in [1.54, 1.807) is 20.0 Å². The molecule has 0 aromatic carbocycles. The number of hydrogen-bond donors (Lipinski definition) is 1. The van der Waals surface area contributed by atoms with Gasteiger partial charge in [-0.1, -0.05) is 20.8 Å². The van der Waals surface area contributed by atoms with Crippen LogP contribution in [0, 0.1) is 29.4 Å². The van der Waals surface area contributed by atoms with E-state index in [0.29, 0.717) is 23.7 Å². The number of aryl methyl sites for hydroxylation is 1. The lowest BCUT2D eigenvalue weighted by Gasteiger charge is -2.28. The van der Waals surface area contributed by atoms with E-state index < -0.39 is 0 Å². The molecule has 1 rings (SSSR count). The smallest absolute Gasteiger partial charge is 0.278 e. The van der Waals surface area contributed by atoms with Crippen LogP contribution in [-0.2, 0) is 6.54 Å². The fourth-order valence-electron chi connectivity index (χ4n) is 1.78. The van der Waals surface area contributed by atoms with Crippen LogP contribution < -0.4 is 5.32 Å². The zero-order valence-electron chi connectivity index (χ0n) is 12.6. The Morgan fingerprint density at radius 1 is 1.42 bits per heavy atom. The molecule has 0 amide bonds. The number of nitrogens with one attached hydrogen (secondary N) is 1. The van der Waals surface area contributed by atoms with Gasteiger partial charge in [0.1, 0.15) is 0 Å². The maximum absolute atomic E-state index is 11.0. The van der Waals surface area contributed by atoms with Gasteiger partial charge in [-0.15, -0.1) is 0 Å². The number of nitro groups is 1. The molecule has 0 aliphatic carbocycles. The molecule has 0 radical (unpaired) electrons. The van der Waals surface area contributed by atoms with Crippen LogP contribution in [0.15, 0.2) is 6.20 Å². The molecule has 1 heterocycles. The van der Waals surface area contributed by atoms with Crippen LogP contribution in [0.25, 0.3) is 0 Å². The molecule has 19 heavy (non-hydrogen) atoms. The summed E-state index contributed by atoms with van der Waals surface area (Å²) in [4.78, 5) is 15.0. The largest absolute Gasteiger partial charge is 0.308 e. The van der Waals surface area contributed by atoms with Crippen molar-refractivity contribution in [3.8, 4) is 0 Å². The summed E-state index contributed by atoms with van der Waals surface area (Å²) in [5.74, 6) is 0. The standard InChI is InChI=1S/C14H23N3O2/c1-9-7-16-12(10(2)13(9)17(18)19)8-15-11(3)14(4,5)6/h7,11,15H,8H2,1-6H3. The van der Waals surface area contributed by atoms with Crippen molar-refractivity contribution < 1.29 is 4.92 Å². The third-order valence-corrected chi connectivity index (χ3v) is 3.63. The lowest BCUT2D eigenvalue weighted by Crippen LogP contribution is -2.37. The Morgan fingerprint density at radius 2 is 2.00 bits per heavy atom. The van der Waals surface area contributed by atoms with Crippen molar-refractivity contribution in [3.05, 3.63) is 33.1 Å². The minimum Gasteiger partial charge on any atom is -0.308 e. The molecular formula is C14H23N3O2. The maximum atomic E-state index is 11.0. The van der Waals surface area contributed by atoms with Crippen molar-refractivity contribution in [2.24, 2.45) is 5.41 Å². The molecule has 0 saturated heterocycles. The van der Waals surface area contributed by atoms with Crippen molar-refractivity contribution in [3.63, 3.8) is 0 Å². The van der Waals surface area contributed by atoms with Crippen molar-refractivity contribution in [2.45, 2.75) is 54.1 Å². The Bertz CT molecular complexity index is 478. The van der Waals surface area contributed by atoms with Gasteiger partial charge >= 0.3 is 0 Å². The fraction of sp³-hybridized carbons (Fsp3) is 0.643. The van der Waals surface area contributed by atoms with Crippen LogP contribution in [0.4, 0.5) is 5.69 Å². The van der Waals surface area contributed by atoms with Crippen LogP contribution in [0.1, 0.15) is 44.5 Å². The quantitative estimate of drug-likeness (QED) is 0.671. The molecule has 5 nitrogen and oxygen atoms in total. The SMILES string of the molecule is Cc1cnc(CNC(C)C(C)(C)C)c(C)c1[N+](=O)[O-]. The van der Waals surface area contributed by atoms with E-state index in [1.807, 2.05) is 0 Å². The first-order chi connectivity index (χ1) is 8.64. The summed E-state index contributed by atoms with van der Waals surface area (Å²) < 4.78 is 0. The van der Waals surface area contributed by atoms with E-state index in [-0.39, 0.29) is 16.0 Å². The molecule has 0 saturated carbocycles. The molecule has 1 atom stereocenters. The van der Waals surface area contributed by atoms with Crippen molar-refractivity contribution in [1.29, 1.82) is 0 Å². The van der Waals surface area contributed by atoms with Crippen LogP contribution in [0.5, 0.6) is 0 Å². The Morgan fingerprint density at radius 3 is 2.47 bits per heavy atom. The van der Waals surface area contributed by atoms with E-state index in [2.05, 4.69) is 38.0 Å².